The molecule has 2 aliphatic rings. The molecule has 2 aromatic carbocycles. The van der Waals surface area contributed by atoms with Gasteiger partial charge in [0, 0.05) is 31.5 Å². The quantitative estimate of drug-likeness (QED) is 0.606. The van der Waals surface area contributed by atoms with Gasteiger partial charge < -0.3 is 24.8 Å². The Bertz CT molecular complexity index is 988. The minimum absolute atomic E-state index is 0.00589. The van der Waals surface area contributed by atoms with E-state index in [0.717, 1.165) is 11.1 Å². The number of carboxylic acids is 1. The number of hydrogen-bond donors (Lipinski definition) is 2. The number of carbonyl (C=O) groups is 3. The first kappa shape index (κ1) is 22.8. The van der Waals surface area contributed by atoms with Gasteiger partial charge in [-0.15, -0.1) is 0 Å². The number of ether oxygens (including phenoxy) is 2. The van der Waals surface area contributed by atoms with Crippen LogP contribution >= 0.6 is 0 Å². The summed E-state index contributed by atoms with van der Waals surface area (Å²) in [4.78, 5) is 36.8. The van der Waals surface area contributed by atoms with E-state index >= 15 is 0 Å². The van der Waals surface area contributed by atoms with Gasteiger partial charge in [0.25, 0.3) is 0 Å². The predicted molar refractivity (Wildman–Crippen MR) is 121 cm³/mol. The number of alkyl carbamates (subject to hydrolysis) is 1. The number of likely N-dealkylation sites (tertiary alicyclic amines) is 1. The van der Waals surface area contributed by atoms with Gasteiger partial charge in [0.05, 0.1) is 6.10 Å². The van der Waals surface area contributed by atoms with Crippen molar-refractivity contribution in [1.82, 2.24) is 10.2 Å². The Morgan fingerprint density at radius 1 is 1.06 bits per heavy atom. The molecule has 8 heteroatoms. The molecule has 1 heterocycles. The second-order valence-electron chi connectivity index (χ2n) is 8.51. The smallest absolute Gasteiger partial charge is 0.407 e. The summed E-state index contributed by atoms with van der Waals surface area (Å²) in [5.74, 6) is -1.31. The van der Waals surface area contributed by atoms with E-state index in [1.165, 1.54) is 11.1 Å². The number of aliphatic carboxylic acids is 1. The highest BCUT2D eigenvalue weighted by Gasteiger charge is 2.34. The van der Waals surface area contributed by atoms with Crippen LogP contribution in [0.2, 0.25) is 0 Å². The molecule has 1 unspecified atom stereocenters. The summed E-state index contributed by atoms with van der Waals surface area (Å²) >= 11 is 0. The summed E-state index contributed by atoms with van der Waals surface area (Å²) < 4.78 is 10.7. The van der Waals surface area contributed by atoms with Crippen LogP contribution < -0.4 is 5.32 Å². The lowest BCUT2D eigenvalue weighted by Crippen LogP contribution is -2.56. The van der Waals surface area contributed by atoms with Gasteiger partial charge in [0.2, 0.25) is 5.91 Å². The first-order chi connectivity index (χ1) is 15.9. The summed E-state index contributed by atoms with van der Waals surface area (Å²) in [6.45, 7) is 2.84. The lowest BCUT2D eigenvalue weighted by molar-refractivity contribution is -0.156. The lowest BCUT2D eigenvalue weighted by atomic mass is 9.98. The molecule has 2 amide bonds. The van der Waals surface area contributed by atoms with Crippen molar-refractivity contribution in [2.75, 3.05) is 32.8 Å². The molecule has 174 valence electrons. The molecular weight excluding hydrogens is 424 g/mol. The van der Waals surface area contributed by atoms with Crippen LogP contribution in [0.4, 0.5) is 4.79 Å². The zero-order chi connectivity index (χ0) is 23.4. The Morgan fingerprint density at radius 2 is 1.67 bits per heavy atom. The summed E-state index contributed by atoms with van der Waals surface area (Å²) in [7, 11) is 0. The molecule has 0 saturated carbocycles. The number of hydrogen-bond acceptors (Lipinski definition) is 5. The molecule has 8 nitrogen and oxygen atoms in total. The summed E-state index contributed by atoms with van der Waals surface area (Å²) in [5, 5.41) is 11.4. The van der Waals surface area contributed by atoms with Crippen LogP contribution in [0.3, 0.4) is 0 Å². The zero-order valence-electron chi connectivity index (χ0n) is 18.5. The van der Waals surface area contributed by atoms with Crippen LogP contribution in [0.25, 0.3) is 11.1 Å². The molecule has 0 aromatic heterocycles. The summed E-state index contributed by atoms with van der Waals surface area (Å²) in [6.07, 6.45) is -0.237. The van der Waals surface area contributed by atoms with Crippen LogP contribution in [-0.2, 0) is 19.1 Å². The van der Waals surface area contributed by atoms with E-state index < -0.39 is 12.1 Å². The van der Waals surface area contributed by atoms with E-state index in [1.54, 1.807) is 4.90 Å². The number of carboxylic acid groups (broad SMARTS) is 1. The Balaban J connectivity index is 1.19. The Kier molecular flexibility index (Phi) is 6.93. The Hall–Kier alpha value is -3.39. The molecular formula is C25H28N2O6. The van der Waals surface area contributed by atoms with Gasteiger partial charge in [-0.1, -0.05) is 55.5 Å². The van der Waals surface area contributed by atoms with Crippen molar-refractivity contribution in [3.63, 3.8) is 0 Å². The number of nitrogens with one attached hydrogen (secondary N) is 1. The topological polar surface area (TPSA) is 105 Å². The number of carbonyl (C=O) groups excluding carboxylic acids is 2. The van der Waals surface area contributed by atoms with E-state index in [2.05, 4.69) is 29.6 Å². The number of fused-ring (bicyclic) bond motifs is 3. The molecule has 0 bridgehead atoms. The van der Waals surface area contributed by atoms with Gasteiger partial charge in [-0.3, -0.25) is 4.79 Å². The second-order valence-corrected chi connectivity index (χ2v) is 8.51. The minimum atomic E-state index is -1.02. The third-order valence-electron chi connectivity index (χ3n) is 6.21. The van der Waals surface area contributed by atoms with E-state index in [0.29, 0.717) is 26.1 Å². The molecule has 0 spiro atoms. The molecule has 2 aromatic rings. The molecule has 1 fully saturated rings. The molecule has 4 rings (SSSR count). The lowest BCUT2D eigenvalue weighted by Gasteiger charge is -2.40. The van der Waals surface area contributed by atoms with Gasteiger partial charge in [0.15, 0.2) is 0 Å². The normalized spacial score (nSPS) is 15.8. The highest BCUT2D eigenvalue weighted by atomic mass is 16.5. The molecule has 33 heavy (non-hydrogen) atoms. The molecule has 1 aliphatic heterocycles. The van der Waals surface area contributed by atoms with Gasteiger partial charge in [0.1, 0.15) is 13.2 Å². The third-order valence-corrected chi connectivity index (χ3v) is 6.21. The van der Waals surface area contributed by atoms with Crippen molar-refractivity contribution in [3.8, 4) is 11.1 Å². The fourth-order valence-corrected chi connectivity index (χ4v) is 4.39. The maximum Gasteiger partial charge on any atom is 0.407 e. The second kappa shape index (κ2) is 10.0. The van der Waals surface area contributed by atoms with Gasteiger partial charge in [-0.2, -0.15) is 0 Å². The third kappa shape index (κ3) is 5.17. The van der Waals surface area contributed by atoms with Crippen LogP contribution in [0, 0.1) is 5.92 Å². The van der Waals surface area contributed by atoms with E-state index in [4.69, 9.17) is 14.6 Å². The molecule has 0 radical (unpaired) electrons. The van der Waals surface area contributed by atoms with Crippen LogP contribution in [0.1, 0.15) is 30.4 Å². The van der Waals surface area contributed by atoms with E-state index in [1.807, 2.05) is 31.2 Å². The van der Waals surface area contributed by atoms with Gasteiger partial charge in [-0.05, 0) is 28.7 Å². The molecule has 1 saturated heterocycles. The maximum absolute atomic E-state index is 12.4. The largest absolute Gasteiger partial charge is 0.480 e. The van der Waals surface area contributed by atoms with Crippen molar-refractivity contribution >= 4 is 18.0 Å². The van der Waals surface area contributed by atoms with Crippen LogP contribution in [0.5, 0.6) is 0 Å². The van der Waals surface area contributed by atoms with Crippen molar-refractivity contribution in [2.24, 2.45) is 5.92 Å². The average molecular weight is 453 g/mol. The average Bonchev–Trinajstić information content (AvgIpc) is 3.10. The monoisotopic (exact) mass is 452 g/mol. The standard InChI is InChI=1S/C25H28N2O6/c1-16(24(30)27-12-17(13-27)32-15-23(28)29)10-11-26-25(31)33-14-22-20-8-4-2-6-18(20)19-7-3-5-9-21(19)22/h2-9,16-17,22H,10-15H2,1H3,(H,26,31)(H,28,29). The fourth-order valence-electron chi connectivity index (χ4n) is 4.39. The van der Waals surface area contributed by atoms with Crippen molar-refractivity contribution in [1.29, 1.82) is 0 Å². The number of amides is 2. The predicted octanol–water partition coefficient (Wildman–Crippen LogP) is 2.86. The number of rotatable bonds is 9. The molecule has 1 aliphatic carbocycles. The van der Waals surface area contributed by atoms with Gasteiger partial charge in [-0.25, -0.2) is 9.59 Å². The first-order valence-electron chi connectivity index (χ1n) is 11.1. The van der Waals surface area contributed by atoms with Crippen molar-refractivity contribution in [3.05, 3.63) is 59.7 Å². The van der Waals surface area contributed by atoms with E-state index in [-0.39, 0.29) is 37.1 Å². The Morgan fingerprint density at radius 3 is 2.27 bits per heavy atom. The maximum atomic E-state index is 12.4. The summed E-state index contributed by atoms with van der Waals surface area (Å²) in [6, 6.07) is 16.3. The van der Waals surface area contributed by atoms with Gasteiger partial charge >= 0.3 is 12.1 Å². The van der Waals surface area contributed by atoms with E-state index in [9.17, 15) is 14.4 Å². The summed E-state index contributed by atoms with van der Waals surface area (Å²) in [5.41, 5.74) is 4.67. The first-order valence-corrected chi connectivity index (χ1v) is 11.1. The Labute approximate surface area is 192 Å². The fraction of sp³-hybridized carbons (Fsp3) is 0.400. The highest BCUT2D eigenvalue weighted by molar-refractivity contribution is 5.80. The minimum Gasteiger partial charge on any atom is -0.480 e. The zero-order valence-corrected chi connectivity index (χ0v) is 18.5. The van der Waals surface area contributed by atoms with Crippen LogP contribution in [0.15, 0.2) is 48.5 Å². The van der Waals surface area contributed by atoms with Crippen molar-refractivity contribution < 1.29 is 29.0 Å². The number of benzene rings is 2. The van der Waals surface area contributed by atoms with Crippen LogP contribution in [-0.4, -0.2) is 66.9 Å². The number of nitrogens with zero attached hydrogens (tertiary/aromatic N) is 1. The molecule has 2 N–H and O–H groups in total. The van der Waals surface area contributed by atoms with Crippen molar-refractivity contribution in [2.45, 2.75) is 25.4 Å². The SMILES string of the molecule is CC(CCNC(=O)OCC1c2ccccc2-c2ccccc21)C(=O)N1CC(OCC(=O)O)C1. The molecule has 1 atom stereocenters. The highest BCUT2D eigenvalue weighted by Crippen LogP contribution is 2.44.